The first-order valence-electron chi connectivity index (χ1n) is 17.8. The molecule has 2 aliphatic carbocycles. The number of carbonyl (C=O) groups is 1. The van der Waals surface area contributed by atoms with E-state index in [1.54, 1.807) is 0 Å². The van der Waals surface area contributed by atoms with E-state index in [-0.39, 0.29) is 28.4 Å². The van der Waals surface area contributed by atoms with Gasteiger partial charge in [-0.05, 0) is 67.9 Å². The summed E-state index contributed by atoms with van der Waals surface area (Å²) in [5.41, 5.74) is 2.98. The number of rotatable bonds is 5. The number of carbonyl (C=O) groups excluding carboxylic acids is 1. The van der Waals surface area contributed by atoms with Crippen LogP contribution in [-0.4, -0.2) is 50.7 Å². The van der Waals surface area contributed by atoms with E-state index in [0.29, 0.717) is 51.4 Å². The molecule has 0 N–H and O–H groups in total. The number of pyridine rings is 2. The van der Waals surface area contributed by atoms with Gasteiger partial charge >= 0.3 is 12.1 Å². The van der Waals surface area contributed by atoms with Gasteiger partial charge < -0.3 is 23.4 Å². The Morgan fingerprint density at radius 3 is 2.18 bits per heavy atom. The molecule has 0 radical (unpaired) electrons. The van der Waals surface area contributed by atoms with E-state index in [0.717, 1.165) is 72.4 Å². The minimum Gasteiger partial charge on any atom is -0.455 e. The van der Waals surface area contributed by atoms with Crippen LogP contribution in [0.4, 0.5) is 13.2 Å². The molecule has 2 saturated heterocycles. The molecule has 5 aliphatic rings. The molecule has 3 fully saturated rings. The maximum atomic E-state index is 13.6. The zero-order valence-corrected chi connectivity index (χ0v) is 30.5. The smallest absolute Gasteiger partial charge is 0.417 e. The molecule has 0 amide bonds. The molecule has 2 aromatic heterocycles. The number of halogens is 3. The molecule has 0 bridgehead atoms. The molecular weight excluding hydrogens is 653 g/mol. The Hall–Kier alpha value is -2.38. The van der Waals surface area contributed by atoms with Gasteiger partial charge in [0.15, 0.2) is 8.32 Å². The topological polar surface area (TPSA) is 89.0 Å². The van der Waals surface area contributed by atoms with Crippen LogP contribution in [0.15, 0.2) is 18.3 Å². The van der Waals surface area contributed by atoms with E-state index in [9.17, 15) is 18.0 Å². The molecule has 0 aromatic carbocycles. The van der Waals surface area contributed by atoms with Crippen LogP contribution in [0.25, 0.3) is 0 Å². The first kappa shape index (κ1) is 35.0. The predicted octanol–water partition coefficient (Wildman–Crippen LogP) is 8.76. The van der Waals surface area contributed by atoms with Crippen molar-refractivity contribution in [2.45, 2.75) is 133 Å². The number of nitrogens with zero attached hydrogens (tertiary/aromatic N) is 2. The quantitative estimate of drug-likeness (QED) is 0.226. The number of esters is 1. The summed E-state index contributed by atoms with van der Waals surface area (Å²) in [5, 5.41) is -0.0646. The van der Waals surface area contributed by atoms with Gasteiger partial charge in [0.1, 0.15) is 12.2 Å². The molecule has 3 unspecified atom stereocenters. The Labute approximate surface area is 287 Å². The molecule has 2 spiro atoms. The minimum atomic E-state index is -4.51. The van der Waals surface area contributed by atoms with Crippen molar-refractivity contribution in [2.75, 3.05) is 26.4 Å². The Balaban J connectivity index is 1.52. The molecule has 2 aromatic rings. The molecule has 12 heteroatoms. The van der Waals surface area contributed by atoms with Crippen LogP contribution < -0.4 is 0 Å². The van der Waals surface area contributed by atoms with E-state index in [2.05, 4.69) is 38.8 Å². The van der Waals surface area contributed by atoms with Crippen LogP contribution in [0.1, 0.15) is 143 Å². The second kappa shape index (κ2) is 12.4. The van der Waals surface area contributed by atoms with Crippen molar-refractivity contribution in [3.8, 4) is 0 Å². The summed E-state index contributed by atoms with van der Waals surface area (Å²) in [5.74, 6) is -0.315. The van der Waals surface area contributed by atoms with E-state index < -0.39 is 37.9 Å². The highest BCUT2D eigenvalue weighted by atomic mass is 28.4. The molecule has 49 heavy (non-hydrogen) atoms. The summed E-state index contributed by atoms with van der Waals surface area (Å²) in [4.78, 5) is 22.8. The maximum Gasteiger partial charge on any atom is 0.417 e. The number of ether oxygens (including phenoxy) is 4. The standard InChI is InChI=1S/C37H49F3N2O6Si/c1-22(43)46-33-31-27(26(20-35(33)12-7-13-35)48-49(5,6)34(2,3)4)29-28(30(42-31)23-10-16-44-17-11-23)32(47-36(29)14-18-45-19-15-36)25-9-8-24(21-41-25)37(38,39)40/h8-9,21,23,26,32-33H,7,10-20H2,1-6H3. The van der Waals surface area contributed by atoms with Gasteiger partial charge in [-0.25, -0.2) is 0 Å². The summed E-state index contributed by atoms with van der Waals surface area (Å²) >= 11 is 0. The molecule has 7 rings (SSSR count). The van der Waals surface area contributed by atoms with Gasteiger partial charge in [0.25, 0.3) is 0 Å². The fraction of sp³-hybridized carbons (Fsp3) is 0.703. The van der Waals surface area contributed by atoms with E-state index in [1.165, 1.54) is 13.0 Å². The molecule has 8 nitrogen and oxygen atoms in total. The average molecular weight is 703 g/mol. The SMILES string of the molecule is CC(=O)OC1c2nc(C3CCOCC3)c3c(c2C(O[Si](C)(C)C(C)(C)C)CC12CCC2)C1(CCOCC1)OC3c1ccc(C(F)(F)F)cn1. The van der Waals surface area contributed by atoms with Gasteiger partial charge in [0.05, 0.1) is 34.4 Å². The normalized spacial score (nSPS) is 26.7. The van der Waals surface area contributed by atoms with Gasteiger partial charge in [0.2, 0.25) is 0 Å². The second-order valence-corrected chi connectivity index (χ2v) is 21.1. The van der Waals surface area contributed by atoms with E-state index >= 15 is 0 Å². The summed E-state index contributed by atoms with van der Waals surface area (Å²) < 4.78 is 73.5. The third-order valence-corrected chi connectivity index (χ3v) is 16.8. The maximum absolute atomic E-state index is 13.6. The number of fused-ring (bicyclic) bond motifs is 4. The summed E-state index contributed by atoms with van der Waals surface area (Å²) in [6, 6.07) is 2.53. The third-order valence-electron chi connectivity index (χ3n) is 12.3. The zero-order valence-electron chi connectivity index (χ0n) is 29.5. The van der Waals surface area contributed by atoms with Crippen molar-refractivity contribution in [3.05, 3.63) is 57.7 Å². The number of hydrogen-bond acceptors (Lipinski definition) is 8. The van der Waals surface area contributed by atoms with Crippen molar-refractivity contribution in [3.63, 3.8) is 0 Å². The lowest BCUT2D eigenvalue weighted by molar-refractivity contribution is -0.167. The number of alkyl halides is 3. The van der Waals surface area contributed by atoms with Crippen LogP contribution in [0.3, 0.4) is 0 Å². The lowest BCUT2D eigenvalue weighted by Crippen LogP contribution is -2.49. The van der Waals surface area contributed by atoms with Gasteiger partial charge in [-0.2, -0.15) is 13.2 Å². The average Bonchev–Trinajstić information content (AvgIpc) is 3.34. The Morgan fingerprint density at radius 1 is 0.959 bits per heavy atom. The minimum absolute atomic E-state index is 0.0281. The molecule has 1 saturated carbocycles. The summed E-state index contributed by atoms with van der Waals surface area (Å²) in [6.45, 7) is 14.8. The molecule has 3 aliphatic heterocycles. The van der Waals surface area contributed by atoms with Crippen molar-refractivity contribution in [1.82, 2.24) is 9.97 Å². The highest BCUT2D eigenvalue weighted by Crippen LogP contribution is 2.65. The van der Waals surface area contributed by atoms with E-state index in [4.69, 9.17) is 28.4 Å². The highest BCUT2D eigenvalue weighted by molar-refractivity contribution is 6.74. The van der Waals surface area contributed by atoms with Crippen LogP contribution in [-0.2, 0) is 39.9 Å². The Morgan fingerprint density at radius 2 is 1.63 bits per heavy atom. The van der Waals surface area contributed by atoms with Gasteiger partial charge in [0, 0.05) is 74.8 Å². The molecule has 5 heterocycles. The number of aromatic nitrogens is 2. The monoisotopic (exact) mass is 702 g/mol. The molecular formula is C37H49F3N2O6Si. The fourth-order valence-corrected chi connectivity index (χ4v) is 9.78. The molecule has 3 atom stereocenters. The van der Waals surface area contributed by atoms with Gasteiger partial charge in [-0.15, -0.1) is 0 Å². The summed E-state index contributed by atoms with van der Waals surface area (Å²) in [6.07, 6.45) is 1.02. The van der Waals surface area contributed by atoms with E-state index in [1.807, 2.05) is 0 Å². The third kappa shape index (κ3) is 6.07. The first-order valence-corrected chi connectivity index (χ1v) is 20.8. The summed E-state index contributed by atoms with van der Waals surface area (Å²) in [7, 11) is -2.35. The predicted molar refractivity (Wildman–Crippen MR) is 177 cm³/mol. The van der Waals surface area contributed by atoms with Crippen LogP contribution >= 0.6 is 0 Å². The Bertz CT molecular complexity index is 1570. The van der Waals surface area contributed by atoms with Crippen molar-refractivity contribution >= 4 is 14.3 Å². The van der Waals surface area contributed by atoms with Crippen molar-refractivity contribution < 1.29 is 41.3 Å². The zero-order chi connectivity index (χ0) is 35.0. The van der Waals surface area contributed by atoms with Crippen LogP contribution in [0.5, 0.6) is 0 Å². The van der Waals surface area contributed by atoms with Gasteiger partial charge in [-0.3, -0.25) is 14.8 Å². The van der Waals surface area contributed by atoms with Crippen LogP contribution in [0, 0.1) is 5.41 Å². The van der Waals surface area contributed by atoms with Crippen molar-refractivity contribution in [2.24, 2.45) is 5.41 Å². The fourth-order valence-electron chi connectivity index (χ4n) is 8.51. The van der Waals surface area contributed by atoms with Crippen molar-refractivity contribution in [1.29, 1.82) is 0 Å². The Kier molecular flexibility index (Phi) is 8.86. The van der Waals surface area contributed by atoms with Crippen LogP contribution in [0.2, 0.25) is 18.1 Å². The van der Waals surface area contributed by atoms with Gasteiger partial charge in [-0.1, -0.05) is 27.2 Å². The molecule has 268 valence electrons. The lowest BCUT2D eigenvalue weighted by atomic mass is 9.57. The highest BCUT2D eigenvalue weighted by Gasteiger charge is 2.59. The largest absolute Gasteiger partial charge is 0.455 e. The second-order valence-electron chi connectivity index (χ2n) is 16.3. The first-order chi connectivity index (χ1) is 23.1. The lowest BCUT2D eigenvalue weighted by Gasteiger charge is -2.54. The number of hydrogen-bond donors (Lipinski definition) is 0.